The number of benzene rings is 1. The normalized spacial score (nSPS) is 13.6. The molecule has 0 spiro atoms. The number of halogens is 2. The second-order valence-corrected chi connectivity index (χ2v) is 6.53. The molecule has 96 valence electrons. The van der Waals surface area contributed by atoms with E-state index in [1.807, 2.05) is 0 Å². The molecule has 1 aromatic carbocycles. The first-order valence-electron chi connectivity index (χ1n) is 4.83. The van der Waals surface area contributed by atoms with E-state index in [0.717, 1.165) is 0 Å². The Balaban J connectivity index is 2.93. The maximum atomic E-state index is 12.0. The van der Waals surface area contributed by atoms with E-state index >= 15 is 0 Å². The van der Waals surface area contributed by atoms with Gasteiger partial charge in [-0.2, -0.15) is 0 Å². The Kier molecular flexibility index (Phi) is 5.40. The van der Waals surface area contributed by atoms with Crippen LogP contribution in [0, 0.1) is 0 Å². The van der Waals surface area contributed by atoms with Crippen LogP contribution >= 0.6 is 27.5 Å². The monoisotopic (exact) mass is 341 g/mol. The van der Waals surface area contributed by atoms with Gasteiger partial charge in [0, 0.05) is 17.6 Å². The minimum atomic E-state index is -3.54. The molecule has 7 heteroatoms. The molecule has 0 amide bonds. The summed E-state index contributed by atoms with van der Waals surface area (Å²) < 4.78 is 31.8. The zero-order chi connectivity index (χ0) is 13.1. The molecule has 0 saturated carbocycles. The molecule has 0 fully saturated rings. The molecule has 1 atom stereocenters. The minimum absolute atomic E-state index is 0.164. The summed E-state index contributed by atoms with van der Waals surface area (Å²) >= 11 is 8.99. The number of ether oxygens (including phenoxy) is 1. The van der Waals surface area contributed by atoms with Crippen LogP contribution in [-0.2, 0) is 14.8 Å². The van der Waals surface area contributed by atoms with Crippen molar-refractivity contribution in [2.24, 2.45) is 0 Å². The van der Waals surface area contributed by atoms with Crippen LogP contribution in [0.25, 0.3) is 0 Å². The summed E-state index contributed by atoms with van der Waals surface area (Å²) in [5.74, 6) is 0. The molecule has 0 radical (unpaired) electrons. The van der Waals surface area contributed by atoms with Gasteiger partial charge in [0.25, 0.3) is 0 Å². The van der Waals surface area contributed by atoms with E-state index in [1.165, 1.54) is 25.3 Å². The fraction of sp³-hybridized carbons (Fsp3) is 0.400. The lowest BCUT2D eigenvalue weighted by atomic mass is 10.4. The predicted octanol–water partition coefficient (Wildman–Crippen LogP) is 2.42. The van der Waals surface area contributed by atoms with Gasteiger partial charge in [-0.1, -0.05) is 11.6 Å². The Morgan fingerprint density at radius 3 is 2.71 bits per heavy atom. The molecule has 0 aliphatic heterocycles. The van der Waals surface area contributed by atoms with Crippen molar-refractivity contribution >= 4 is 37.6 Å². The van der Waals surface area contributed by atoms with E-state index < -0.39 is 10.0 Å². The van der Waals surface area contributed by atoms with Gasteiger partial charge in [-0.05, 0) is 41.1 Å². The fourth-order valence-electron chi connectivity index (χ4n) is 1.26. The highest BCUT2D eigenvalue weighted by atomic mass is 79.9. The summed E-state index contributed by atoms with van der Waals surface area (Å²) in [5.41, 5.74) is 0. The number of rotatable bonds is 5. The quantitative estimate of drug-likeness (QED) is 0.894. The van der Waals surface area contributed by atoms with Gasteiger partial charge in [-0.3, -0.25) is 0 Å². The molecular formula is C10H13BrClNO3S. The Labute approximate surface area is 114 Å². The first-order chi connectivity index (χ1) is 7.86. The van der Waals surface area contributed by atoms with Gasteiger partial charge < -0.3 is 4.74 Å². The first-order valence-corrected chi connectivity index (χ1v) is 7.48. The lowest BCUT2D eigenvalue weighted by Crippen LogP contribution is -2.35. The third-order valence-electron chi connectivity index (χ3n) is 1.97. The second kappa shape index (κ2) is 6.15. The molecule has 1 rings (SSSR count). The fourth-order valence-corrected chi connectivity index (χ4v) is 3.16. The van der Waals surface area contributed by atoms with Gasteiger partial charge >= 0.3 is 0 Å². The molecule has 0 aromatic heterocycles. The van der Waals surface area contributed by atoms with E-state index in [4.69, 9.17) is 16.3 Å². The molecule has 0 aliphatic carbocycles. The maximum Gasteiger partial charge on any atom is 0.240 e. The lowest BCUT2D eigenvalue weighted by Gasteiger charge is -2.13. The highest BCUT2D eigenvalue weighted by Crippen LogP contribution is 2.25. The predicted molar refractivity (Wildman–Crippen MR) is 70.8 cm³/mol. The summed E-state index contributed by atoms with van der Waals surface area (Å²) in [5, 5.41) is 0.467. The van der Waals surface area contributed by atoms with Crippen molar-refractivity contribution in [3.63, 3.8) is 0 Å². The van der Waals surface area contributed by atoms with Crippen molar-refractivity contribution in [2.45, 2.75) is 17.9 Å². The number of methoxy groups -OCH3 is 1. The summed E-state index contributed by atoms with van der Waals surface area (Å²) in [6, 6.07) is 4.15. The summed E-state index contributed by atoms with van der Waals surface area (Å²) in [6.07, 6.45) is 0. The molecule has 0 saturated heterocycles. The van der Waals surface area contributed by atoms with Crippen LogP contribution in [0.1, 0.15) is 6.92 Å². The molecule has 0 aliphatic rings. The standard InChI is InChI=1S/C10H13BrClNO3S/c1-7(6-16-2)13-17(14,15)8-3-4-10(12)9(11)5-8/h3-5,7,13H,6H2,1-2H3. The van der Waals surface area contributed by atoms with Crippen molar-refractivity contribution in [3.05, 3.63) is 27.7 Å². The highest BCUT2D eigenvalue weighted by molar-refractivity contribution is 9.10. The van der Waals surface area contributed by atoms with Crippen LogP contribution in [0.5, 0.6) is 0 Å². The van der Waals surface area contributed by atoms with Crippen molar-refractivity contribution in [3.8, 4) is 0 Å². The summed E-state index contributed by atoms with van der Waals surface area (Å²) in [7, 11) is -2.02. The van der Waals surface area contributed by atoms with Crippen molar-refractivity contribution < 1.29 is 13.2 Å². The molecule has 4 nitrogen and oxygen atoms in total. The van der Waals surface area contributed by atoms with E-state index in [1.54, 1.807) is 6.92 Å². The van der Waals surface area contributed by atoms with Gasteiger partial charge in [0.1, 0.15) is 0 Å². The van der Waals surface area contributed by atoms with Crippen LogP contribution in [0.3, 0.4) is 0 Å². The van der Waals surface area contributed by atoms with Crippen molar-refractivity contribution in [1.29, 1.82) is 0 Å². The van der Waals surface area contributed by atoms with Crippen molar-refractivity contribution in [1.82, 2.24) is 4.72 Å². The second-order valence-electron chi connectivity index (χ2n) is 3.55. The maximum absolute atomic E-state index is 12.0. The zero-order valence-electron chi connectivity index (χ0n) is 9.41. The average Bonchev–Trinajstić information content (AvgIpc) is 2.21. The topological polar surface area (TPSA) is 55.4 Å². The number of hydrogen-bond acceptors (Lipinski definition) is 3. The SMILES string of the molecule is COCC(C)NS(=O)(=O)c1ccc(Cl)c(Br)c1. The van der Waals surface area contributed by atoms with Gasteiger partial charge in [0.2, 0.25) is 10.0 Å². The third-order valence-corrected chi connectivity index (χ3v) is 4.78. The largest absolute Gasteiger partial charge is 0.383 e. The molecule has 0 heterocycles. The van der Waals surface area contributed by atoms with Crippen LogP contribution < -0.4 is 4.72 Å². The Hall–Kier alpha value is -0.140. The molecular weight excluding hydrogens is 330 g/mol. The Morgan fingerprint density at radius 1 is 1.53 bits per heavy atom. The smallest absolute Gasteiger partial charge is 0.240 e. The minimum Gasteiger partial charge on any atom is -0.383 e. The van der Waals surface area contributed by atoms with Crippen molar-refractivity contribution in [2.75, 3.05) is 13.7 Å². The Morgan fingerprint density at radius 2 is 2.18 bits per heavy atom. The van der Waals surface area contributed by atoms with Crippen LogP contribution in [0.15, 0.2) is 27.6 Å². The molecule has 17 heavy (non-hydrogen) atoms. The van der Waals surface area contributed by atoms with Gasteiger partial charge in [-0.15, -0.1) is 0 Å². The molecule has 1 aromatic rings. The Bertz CT molecular complexity index is 492. The lowest BCUT2D eigenvalue weighted by molar-refractivity contribution is 0.180. The zero-order valence-corrected chi connectivity index (χ0v) is 12.6. The van der Waals surface area contributed by atoms with E-state index in [9.17, 15) is 8.42 Å². The third kappa shape index (κ3) is 4.22. The van der Waals surface area contributed by atoms with E-state index in [0.29, 0.717) is 16.1 Å². The van der Waals surface area contributed by atoms with Crippen LogP contribution in [0.2, 0.25) is 5.02 Å². The molecule has 1 unspecified atom stereocenters. The van der Waals surface area contributed by atoms with E-state index in [-0.39, 0.29) is 10.9 Å². The van der Waals surface area contributed by atoms with Gasteiger partial charge in [0.05, 0.1) is 16.5 Å². The van der Waals surface area contributed by atoms with Crippen LogP contribution in [-0.4, -0.2) is 28.2 Å². The summed E-state index contributed by atoms with van der Waals surface area (Å²) in [6.45, 7) is 2.04. The van der Waals surface area contributed by atoms with Gasteiger partial charge in [0.15, 0.2) is 0 Å². The van der Waals surface area contributed by atoms with E-state index in [2.05, 4.69) is 20.7 Å². The first kappa shape index (κ1) is 14.9. The molecule has 1 N–H and O–H groups in total. The highest BCUT2D eigenvalue weighted by Gasteiger charge is 2.18. The van der Waals surface area contributed by atoms with Crippen LogP contribution in [0.4, 0.5) is 0 Å². The average molecular weight is 343 g/mol. The van der Waals surface area contributed by atoms with Gasteiger partial charge in [-0.25, -0.2) is 13.1 Å². The number of nitrogens with one attached hydrogen (secondary N) is 1. The summed E-state index contributed by atoms with van der Waals surface area (Å²) in [4.78, 5) is 0.164. The number of sulfonamides is 1. The molecule has 0 bridgehead atoms. The number of hydrogen-bond donors (Lipinski definition) is 1.